The van der Waals surface area contributed by atoms with Crippen LogP contribution in [0, 0.1) is 0 Å². The van der Waals surface area contributed by atoms with E-state index in [1.54, 1.807) is 0 Å². The van der Waals surface area contributed by atoms with Crippen LogP contribution in [0.1, 0.15) is 25.7 Å². The average Bonchev–Trinajstić information content (AvgIpc) is 1.87. The molecule has 0 saturated heterocycles. The third-order valence-corrected chi connectivity index (χ3v) is 1.38. The molecule has 0 aliphatic heterocycles. The zero-order valence-corrected chi connectivity index (χ0v) is 6.66. The van der Waals surface area contributed by atoms with Gasteiger partial charge in [-0.15, -0.1) is 0 Å². The molecule has 0 spiro atoms. The molecule has 0 aromatic carbocycles. The lowest BCUT2D eigenvalue weighted by atomic mass is 10.2. The van der Waals surface area contributed by atoms with Crippen LogP contribution in [0.4, 0.5) is 0 Å². The van der Waals surface area contributed by atoms with Gasteiger partial charge in [-0.05, 0) is 24.6 Å². The molecule has 1 amide bonds. The Kier molecular flexibility index (Phi) is 6.64. The van der Waals surface area contributed by atoms with Gasteiger partial charge in [0.2, 0.25) is 5.91 Å². The number of carbonyl (C=O) groups excluding carboxylic acids is 1. The Balaban J connectivity index is 2.84. The van der Waals surface area contributed by atoms with Crippen molar-refractivity contribution in [2.75, 3.05) is 6.54 Å². The summed E-state index contributed by atoms with van der Waals surface area (Å²) in [5.41, 5.74) is 4.93. The number of nitrogens with one attached hydrogen (secondary N) is 1. The van der Waals surface area contributed by atoms with Crippen molar-refractivity contribution in [2.45, 2.75) is 25.7 Å². The first-order chi connectivity index (χ1) is 4.77. The zero-order valence-electron chi connectivity index (χ0n) is 5.90. The lowest BCUT2D eigenvalue weighted by Crippen LogP contribution is -2.10. The molecule has 0 aromatic rings. The number of hydrogen-bond acceptors (Lipinski definition) is 2. The predicted molar refractivity (Wildman–Crippen MR) is 41.5 cm³/mol. The zero-order chi connectivity index (χ0) is 7.82. The second-order valence-corrected chi connectivity index (χ2v) is 2.43. The fraction of sp³-hybridized carbons (Fsp3) is 0.833. The summed E-state index contributed by atoms with van der Waals surface area (Å²) < 4.78 is 0. The molecule has 0 rings (SSSR count). The van der Waals surface area contributed by atoms with Crippen molar-refractivity contribution < 1.29 is 4.79 Å². The maximum Gasteiger partial charge on any atom is 0.217 e. The smallest absolute Gasteiger partial charge is 0.217 e. The SMILES string of the molecule is NC(=O)CCCCCNCl. The van der Waals surface area contributed by atoms with Gasteiger partial charge in [0, 0.05) is 13.0 Å². The fourth-order valence-electron chi connectivity index (χ4n) is 0.668. The Bertz CT molecular complexity index is 97.7. The summed E-state index contributed by atoms with van der Waals surface area (Å²) in [5, 5.41) is 0. The Hall–Kier alpha value is -0.280. The van der Waals surface area contributed by atoms with Gasteiger partial charge in [0.05, 0.1) is 0 Å². The van der Waals surface area contributed by atoms with Crippen molar-refractivity contribution in [2.24, 2.45) is 5.73 Å². The molecule has 0 saturated carbocycles. The molecular formula is C6H13ClN2O. The monoisotopic (exact) mass is 164 g/mol. The highest BCUT2D eigenvalue weighted by atomic mass is 35.5. The number of unbranched alkanes of at least 4 members (excludes halogenated alkanes) is 2. The summed E-state index contributed by atoms with van der Waals surface area (Å²) in [4.78, 5) is 12.7. The Morgan fingerprint density at radius 1 is 1.40 bits per heavy atom. The van der Waals surface area contributed by atoms with E-state index in [1.807, 2.05) is 0 Å². The number of nitrogens with two attached hydrogens (primary N) is 1. The van der Waals surface area contributed by atoms with Crippen LogP contribution in [0.2, 0.25) is 0 Å². The van der Waals surface area contributed by atoms with Gasteiger partial charge in [0.25, 0.3) is 0 Å². The summed E-state index contributed by atoms with van der Waals surface area (Å²) in [7, 11) is 0. The van der Waals surface area contributed by atoms with Crippen molar-refractivity contribution in [1.29, 1.82) is 0 Å². The lowest BCUT2D eigenvalue weighted by molar-refractivity contribution is -0.118. The summed E-state index contributed by atoms with van der Waals surface area (Å²) in [6, 6.07) is 0. The maximum atomic E-state index is 10.2. The molecule has 0 bridgehead atoms. The fourth-order valence-corrected chi connectivity index (χ4v) is 0.801. The minimum absolute atomic E-state index is 0.223. The molecule has 0 unspecified atom stereocenters. The van der Waals surface area contributed by atoms with Crippen molar-refractivity contribution in [3.8, 4) is 0 Å². The van der Waals surface area contributed by atoms with E-state index in [1.165, 1.54) is 0 Å². The third kappa shape index (κ3) is 7.72. The molecule has 3 N–H and O–H groups in total. The van der Waals surface area contributed by atoms with Crippen LogP contribution in [-0.2, 0) is 4.79 Å². The molecule has 60 valence electrons. The quantitative estimate of drug-likeness (QED) is 0.450. The second kappa shape index (κ2) is 6.83. The van der Waals surface area contributed by atoms with E-state index in [-0.39, 0.29) is 5.91 Å². The first kappa shape index (κ1) is 9.72. The number of carbonyl (C=O) groups is 1. The van der Waals surface area contributed by atoms with Crippen LogP contribution in [-0.4, -0.2) is 12.5 Å². The number of amides is 1. The summed E-state index contributed by atoms with van der Waals surface area (Å²) >= 11 is 5.20. The maximum absolute atomic E-state index is 10.2. The summed E-state index contributed by atoms with van der Waals surface area (Å²) in [6.45, 7) is 0.792. The molecule has 0 heterocycles. The Morgan fingerprint density at radius 3 is 2.60 bits per heavy atom. The number of halogens is 1. The number of primary amides is 1. The van der Waals surface area contributed by atoms with E-state index < -0.39 is 0 Å². The van der Waals surface area contributed by atoms with Crippen molar-refractivity contribution in [1.82, 2.24) is 4.84 Å². The molecule has 4 heteroatoms. The van der Waals surface area contributed by atoms with Gasteiger partial charge in [-0.3, -0.25) is 4.79 Å². The molecule has 0 fully saturated rings. The average molecular weight is 165 g/mol. The molecule has 3 nitrogen and oxygen atoms in total. The highest BCUT2D eigenvalue weighted by Crippen LogP contribution is 1.97. The van der Waals surface area contributed by atoms with Crippen molar-refractivity contribution >= 4 is 17.7 Å². The van der Waals surface area contributed by atoms with Gasteiger partial charge in [-0.2, -0.15) is 0 Å². The van der Waals surface area contributed by atoms with Crippen molar-refractivity contribution in [3.63, 3.8) is 0 Å². The standard InChI is InChI=1S/C6H13ClN2O/c7-9-5-3-1-2-4-6(8)10/h9H,1-5H2,(H2,8,10). The third-order valence-electron chi connectivity index (χ3n) is 1.19. The van der Waals surface area contributed by atoms with E-state index in [0.717, 1.165) is 25.8 Å². The summed E-state index contributed by atoms with van der Waals surface area (Å²) in [6.07, 6.45) is 3.36. The normalized spacial score (nSPS) is 9.70. The summed E-state index contributed by atoms with van der Waals surface area (Å²) in [5.74, 6) is -0.223. The van der Waals surface area contributed by atoms with Gasteiger partial charge >= 0.3 is 0 Å². The van der Waals surface area contributed by atoms with Gasteiger partial charge in [0.1, 0.15) is 0 Å². The van der Waals surface area contributed by atoms with Gasteiger partial charge < -0.3 is 5.73 Å². The van der Waals surface area contributed by atoms with E-state index in [2.05, 4.69) is 4.84 Å². The second-order valence-electron chi connectivity index (χ2n) is 2.16. The Labute approximate surface area is 66.0 Å². The van der Waals surface area contributed by atoms with Crippen LogP contribution < -0.4 is 10.6 Å². The molecule has 0 atom stereocenters. The van der Waals surface area contributed by atoms with E-state index in [0.29, 0.717) is 6.42 Å². The Morgan fingerprint density at radius 2 is 2.10 bits per heavy atom. The van der Waals surface area contributed by atoms with E-state index in [9.17, 15) is 4.79 Å². The first-order valence-electron chi connectivity index (χ1n) is 3.39. The highest BCUT2D eigenvalue weighted by molar-refractivity contribution is 6.13. The minimum atomic E-state index is -0.223. The molecule has 0 aliphatic rings. The first-order valence-corrected chi connectivity index (χ1v) is 3.77. The number of hydrogen-bond donors (Lipinski definition) is 2. The van der Waals surface area contributed by atoms with Crippen LogP contribution in [0.15, 0.2) is 0 Å². The van der Waals surface area contributed by atoms with E-state index >= 15 is 0 Å². The number of rotatable bonds is 6. The largest absolute Gasteiger partial charge is 0.370 e. The molecular weight excluding hydrogens is 152 g/mol. The van der Waals surface area contributed by atoms with Crippen LogP contribution in [0.5, 0.6) is 0 Å². The highest BCUT2D eigenvalue weighted by Gasteiger charge is 1.92. The molecule has 0 radical (unpaired) electrons. The van der Waals surface area contributed by atoms with E-state index in [4.69, 9.17) is 17.5 Å². The molecule has 0 aliphatic carbocycles. The predicted octanol–water partition coefficient (Wildman–Crippen LogP) is 0.775. The van der Waals surface area contributed by atoms with Crippen LogP contribution >= 0.6 is 11.8 Å². The van der Waals surface area contributed by atoms with Gasteiger partial charge in [-0.1, -0.05) is 6.42 Å². The molecule has 0 aromatic heterocycles. The lowest BCUT2D eigenvalue weighted by Gasteiger charge is -1.96. The van der Waals surface area contributed by atoms with Crippen molar-refractivity contribution in [3.05, 3.63) is 0 Å². The van der Waals surface area contributed by atoms with Crippen LogP contribution in [0.25, 0.3) is 0 Å². The molecule has 10 heavy (non-hydrogen) atoms. The van der Waals surface area contributed by atoms with Gasteiger partial charge in [-0.25, -0.2) is 4.84 Å². The van der Waals surface area contributed by atoms with Crippen LogP contribution in [0.3, 0.4) is 0 Å². The minimum Gasteiger partial charge on any atom is -0.370 e. The topological polar surface area (TPSA) is 55.1 Å². The van der Waals surface area contributed by atoms with Gasteiger partial charge in [0.15, 0.2) is 0 Å².